The van der Waals surface area contributed by atoms with Gasteiger partial charge in [0.1, 0.15) is 0 Å². The van der Waals surface area contributed by atoms with E-state index >= 15 is 0 Å². The minimum Gasteiger partial charge on any atom is -0.264 e. The molecule has 0 aliphatic rings. The zero-order valence-electron chi connectivity index (χ0n) is 9.95. The van der Waals surface area contributed by atoms with Crippen molar-refractivity contribution in [2.75, 3.05) is 6.54 Å². The predicted octanol–water partition coefficient (Wildman–Crippen LogP) is 3.12. The molecule has 1 unspecified atom stereocenters. The Kier molecular flexibility index (Phi) is 7.71. The van der Waals surface area contributed by atoms with Gasteiger partial charge in [-0.1, -0.05) is 33.1 Å². The third-order valence-corrected chi connectivity index (χ3v) is 2.09. The molecule has 3 nitrogen and oxygen atoms in total. The first-order valence-corrected chi connectivity index (χ1v) is 5.66. The van der Waals surface area contributed by atoms with Crippen molar-refractivity contribution in [1.29, 1.82) is 0 Å². The summed E-state index contributed by atoms with van der Waals surface area (Å²) in [6.07, 6.45) is 3.89. The first-order valence-electron chi connectivity index (χ1n) is 5.66. The van der Waals surface area contributed by atoms with Crippen LogP contribution in [0.4, 0.5) is 0 Å². The fraction of sp³-hybridized carbons (Fsp3) is 0.833. The van der Waals surface area contributed by atoms with Gasteiger partial charge >= 0.3 is 0 Å². The molecule has 0 radical (unpaired) electrons. The van der Waals surface area contributed by atoms with Gasteiger partial charge in [0.25, 0.3) is 0 Å². The summed E-state index contributed by atoms with van der Waals surface area (Å²) in [5.41, 5.74) is 0. The maximum atomic E-state index is 10.4. The molecule has 0 bridgehead atoms. The number of hydrogen-bond acceptors (Lipinski definition) is 2. The second kappa shape index (κ2) is 8.28. The molecule has 0 rings (SSSR count). The van der Waals surface area contributed by atoms with Crippen molar-refractivity contribution in [3.63, 3.8) is 0 Å². The lowest BCUT2D eigenvalue weighted by Gasteiger charge is -2.08. The molecule has 0 aromatic rings. The Bertz CT molecular complexity index is 238. The summed E-state index contributed by atoms with van der Waals surface area (Å²) in [4.78, 5) is 10.2. The minimum absolute atomic E-state index is 0.0166. The van der Waals surface area contributed by atoms with Crippen molar-refractivity contribution in [3.8, 4) is 11.8 Å². The third kappa shape index (κ3) is 9.27. The largest absolute Gasteiger partial charge is 0.264 e. The summed E-state index contributed by atoms with van der Waals surface area (Å²) in [5, 5.41) is 10.4. The van der Waals surface area contributed by atoms with Crippen LogP contribution in [0.25, 0.3) is 0 Å². The Morgan fingerprint density at radius 1 is 1.40 bits per heavy atom. The van der Waals surface area contributed by atoms with E-state index in [0.717, 1.165) is 25.7 Å². The number of rotatable bonds is 6. The van der Waals surface area contributed by atoms with E-state index in [-0.39, 0.29) is 17.4 Å². The van der Waals surface area contributed by atoms with E-state index in [2.05, 4.69) is 32.6 Å². The fourth-order valence-electron chi connectivity index (χ4n) is 1.41. The fourth-order valence-corrected chi connectivity index (χ4v) is 1.41. The molecule has 0 aromatic carbocycles. The molecule has 1 atom stereocenters. The standard InChI is InChI=1S/C12H21NO2/c1-4-5-6-7-8-12(9-11(2)3)10-13(14)15/h11-12H,4-6,9-10H2,1-3H3. The van der Waals surface area contributed by atoms with Gasteiger partial charge in [0.2, 0.25) is 6.54 Å². The van der Waals surface area contributed by atoms with Crippen LogP contribution in [0.1, 0.15) is 46.5 Å². The second-order valence-electron chi connectivity index (χ2n) is 4.27. The monoisotopic (exact) mass is 211 g/mol. The molecule has 0 spiro atoms. The van der Waals surface area contributed by atoms with E-state index in [1.165, 1.54) is 0 Å². The van der Waals surface area contributed by atoms with E-state index in [4.69, 9.17) is 0 Å². The van der Waals surface area contributed by atoms with Gasteiger partial charge in [-0.25, -0.2) is 0 Å². The lowest BCUT2D eigenvalue weighted by Crippen LogP contribution is -2.14. The van der Waals surface area contributed by atoms with Gasteiger partial charge in [0.05, 0.1) is 5.92 Å². The third-order valence-electron chi connectivity index (χ3n) is 2.09. The van der Waals surface area contributed by atoms with Gasteiger partial charge in [-0.05, 0) is 18.8 Å². The highest BCUT2D eigenvalue weighted by Gasteiger charge is 2.13. The molecule has 15 heavy (non-hydrogen) atoms. The van der Waals surface area contributed by atoms with Crippen LogP contribution in [-0.4, -0.2) is 11.5 Å². The van der Waals surface area contributed by atoms with Crippen LogP contribution >= 0.6 is 0 Å². The Morgan fingerprint density at radius 3 is 2.53 bits per heavy atom. The summed E-state index contributed by atoms with van der Waals surface area (Å²) in [7, 11) is 0. The molecular formula is C12H21NO2. The molecule has 0 aromatic heterocycles. The van der Waals surface area contributed by atoms with Crippen LogP contribution in [0.15, 0.2) is 0 Å². The Morgan fingerprint density at radius 2 is 2.07 bits per heavy atom. The molecular weight excluding hydrogens is 190 g/mol. The van der Waals surface area contributed by atoms with E-state index < -0.39 is 0 Å². The normalized spacial score (nSPS) is 12.0. The summed E-state index contributed by atoms with van der Waals surface area (Å²) in [6.45, 7) is 6.24. The molecule has 0 saturated carbocycles. The number of hydrogen-bond donors (Lipinski definition) is 0. The van der Waals surface area contributed by atoms with Gasteiger partial charge in [-0.2, -0.15) is 0 Å². The lowest BCUT2D eigenvalue weighted by atomic mass is 9.97. The van der Waals surface area contributed by atoms with Crippen molar-refractivity contribution in [1.82, 2.24) is 0 Å². The van der Waals surface area contributed by atoms with Crippen molar-refractivity contribution in [2.45, 2.75) is 46.5 Å². The summed E-state index contributed by atoms with van der Waals surface area (Å²) < 4.78 is 0. The summed E-state index contributed by atoms with van der Waals surface area (Å²) >= 11 is 0. The van der Waals surface area contributed by atoms with Crippen LogP contribution in [0.3, 0.4) is 0 Å². The highest BCUT2D eigenvalue weighted by Crippen LogP contribution is 2.11. The zero-order valence-corrected chi connectivity index (χ0v) is 9.95. The van der Waals surface area contributed by atoms with Crippen LogP contribution in [-0.2, 0) is 0 Å². The van der Waals surface area contributed by atoms with E-state index in [9.17, 15) is 10.1 Å². The number of unbranched alkanes of at least 4 members (excludes halogenated alkanes) is 2. The molecule has 0 aliphatic heterocycles. The van der Waals surface area contributed by atoms with Crippen LogP contribution < -0.4 is 0 Å². The second-order valence-corrected chi connectivity index (χ2v) is 4.27. The minimum atomic E-state index is -0.262. The van der Waals surface area contributed by atoms with Crippen molar-refractivity contribution in [2.24, 2.45) is 11.8 Å². The van der Waals surface area contributed by atoms with E-state index in [1.807, 2.05) is 0 Å². The first-order chi connectivity index (χ1) is 7.06. The highest BCUT2D eigenvalue weighted by molar-refractivity contribution is 5.03. The Balaban J connectivity index is 4.08. The molecule has 0 fully saturated rings. The molecule has 0 amide bonds. The smallest absolute Gasteiger partial charge is 0.217 e. The van der Waals surface area contributed by atoms with E-state index in [0.29, 0.717) is 5.92 Å². The highest BCUT2D eigenvalue weighted by atomic mass is 16.6. The summed E-state index contributed by atoms with van der Waals surface area (Å²) in [5.74, 6) is 6.46. The predicted molar refractivity (Wildman–Crippen MR) is 62.1 cm³/mol. The average Bonchev–Trinajstić information content (AvgIpc) is 2.10. The molecule has 0 heterocycles. The number of nitrogens with zero attached hydrogens (tertiary/aromatic N) is 1. The topological polar surface area (TPSA) is 43.1 Å². The van der Waals surface area contributed by atoms with Gasteiger partial charge in [-0.15, -0.1) is 5.92 Å². The van der Waals surface area contributed by atoms with Crippen LogP contribution in [0.2, 0.25) is 0 Å². The van der Waals surface area contributed by atoms with E-state index in [1.54, 1.807) is 0 Å². The first kappa shape index (κ1) is 14.0. The van der Waals surface area contributed by atoms with Crippen molar-refractivity contribution < 1.29 is 4.92 Å². The van der Waals surface area contributed by atoms with Crippen molar-refractivity contribution >= 4 is 0 Å². The Labute approximate surface area is 92.4 Å². The van der Waals surface area contributed by atoms with Gasteiger partial charge in [0, 0.05) is 11.3 Å². The lowest BCUT2D eigenvalue weighted by molar-refractivity contribution is -0.485. The SMILES string of the molecule is CCCCC#CC(CC(C)C)C[N+](=O)[O-]. The van der Waals surface area contributed by atoms with Crippen LogP contribution in [0, 0.1) is 33.8 Å². The maximum absolute atomic E-state index is 10.4. The molecule has 0 saturated heterocycles. The molecule has 3 heteroatoms. The average molecular weight is 211 g/mol. The summed E-state index contributed by atoms with van der Waals surface area (Å²) in [6, 6.07) is 0. The van der Waals surface area contributed by atoms with Gasteiger partial charge in [0.15, 0.2) is 0 Å². The molecule has 0 N–H and O–H groups in total. The molecule has 86 valence electrons. The zero-order chi connectivity index (χ0) is 11.7. The molecule has 0 aliphatic carbocycles. The van der Waals surface area contributed by atoms with Gasteiger partial charge < -0.3 is 0 Å². The number of nitro groups is 1. The Hall–Kier alpha value is -1.04. The quantitative estimate of drug-likeness (QED) is 0.293. The maximum Gasteiger partial charge on any atom is 0.217 e. The van der Waals surface area contributed by atoms with Crippen molar-refractivity contribution in [3.05, 3.63) is 10.1 Å². The van der Waals surface area contributed by atoms with Gasteiger partial charge in [-0.3, -0.25) is 10.1 Å². The van der Waals surface area contributed by atoms with Crippen LogP contribution in [0.5, 0.6) is 0 Å².